The number of amides is 1. The van der Waals surface area contributed by atoms with Crippen LogP contribution in [0.25, 0.3) is 0 Å². The molecular weight excluding hydrogens is 276 g/mol. The maximum atomic E-state index is 12.9. The molecule has 1 aliphatic carbocycles. The lowest BCUT2D eigenvalue weighted by molar-refractivity contribution is -0.154. The third-order valence-corrected chi connectivity index (χ3v) is 5.86. The Morgan fingerprint density at radius 3 is 2.73 bits per heavy atom. The van der Waals surface area contributed by atoms with E-state index >= 15 is 0 Å². The summed E-state index contributed by atoms with van der Waals surface area (Å²) in [5, 5.41) is 9.87. The number of rotatable bonds is 2. The van der Waals surface area contributed by atoms with E-state index in [0.717, 1.165) is 19.4 Å². The predicted octanol–water partition coefficient (Wildman–Crippen LogP) is 1.98. The van der Waals surface area contributed by atoms with Gasteiger partial charge in [0, 0.05) is 31.1 Å². The molecule has 3 atom stereocenters. The Labute approximate surface area is 131 Å². The summed E-state index contributed by atoms with van der Waals surface area (Å²) in [6.45, 7) is 0.939. The first kappa shape index (κ1) is 14.1. The van der Waals surface area contributed by atoms with E-state index in [-0.39, 0.29) is 30.5 Å². The summed E-state index contributed by atoms with van der Waals surface area (Å²) < 4.78 is 0. The molecule has 4 heteroatoms. The molecule has 1 amide bonds. The van der Waals surface area contributed by atoms with E-state index in [9.17, 15) is 9.90 Å². The third-order valence-electron chi connectivity index (χ3n) is 5.86. The smallest absolute Gasteiger partial charge is 0.226 e. The highest BCUT2D eigenvalue weighted by molar-refractivity contribution is 5.82. The van der Waals surface area contributed by atoms with Crippen molar-refractivity contribution in [3.63, 3.8) is 0 Å². The fourth-order valence-electron chi connectivity index (χ4n) is 4.77. The highest BCUT2D eigenvalue weighted by atomic mass is 16.3. The average Bonchev–Trinajstić information content (AvgIpc) is 3.05. The van der Waals surface area contributed by atoms with Gasteiger partial charge in [0.2, 0.25) is 5.91 Å². The number of hydrogen-bond acceptors (Lipinski definition) is 3. The number of anilines is 1. The predicted molar refractivity (Wildman–Crippen MR) is 85.9 cm³/mol. The minimum absolute atomic E-state index is 0.0343. The largest absolute Gasteiger partial charge is 0.394 e. The Morgan fingerprint density at radius 2 is 2.00 bits per heavy atom. The number of fused-ring (bicyclic) bond motifs is 3. The molecule has 4 rings (SSSR count). The molecule has 1 aromatic carbocycles. The van der Waals surface area contributed by atoms with Gasteiger partial charge in [0.1, 0.15) is 0 Å². The summed E-state index contributed by atoms with van der Waals surface area (Å²) in [6.07, 6.45) is 4.39. The first-order chi connectivity index (χ1) is 10.7. The van der Waals surface area contributed by atoms with Crippen molar-refractivity contribution in [1.29, 1.82) is 0 Å². The first-order valence-corrected chi connectivity index (χ1v) is 8.45. The number of benzene rings is 1. The summed E-state index contributed by atoms with van der Waals surface area (Å²) in [4.78, 5) is 17.1. The molecule has 1 saturated heterocycles. The lowest BCUT2D eigenvalue weighted by Crippen LogP contribution is -2.70. The molecule has 0 aromatic heterocycles. The second-order valence-electron chi connectivity index (χ2n) is 7.01. The zero-order valence-corrected chi connectivity index (χ0v) is 13.1. The van der Waals surface area contributed by atoms with Gasteiger partial charge in [-0.2, -0.15) is 0 Å². The molecule has 4 nitrogen and oxygen atoms in total. The van der Waals surface area contributed by atoms with Gasteiger partial charge in [0.25, 0.3) is 0 Å². The molecule has 0 bridgehead atoms. The van der Waals surface area contributed by atoms with Gasteiger partial charge in [-0.25, -0.2) is 0 Å². The van der Waals surface area contributed by atoms with Gasteiger partial charge < -0.3 is 14.9 Å². The quantitative estimate of drug-likeness (QED) is 0.908. The summed E-state index contributed by atoms with van der Waals surface area (Å²) in [7, 11) is 2.10. The summed E-state index contributed by atoms with van der Waals surface area (Å²) in [5.41, 5.74) is 2.53. The van der Waals surface area contributed by atoms with E-state index in [0.29, 0.717) is 5.92 Å². The van der Waals surface area contributed by atoms with Crippen LogP contribution in [0, 0.1) is 5.92 Å². The van der Waals surface area contributed by atoms with Crippen molar-refractivity contribution < 1.29 is 9.90 Å². The van der Waals surface area contributed by atoms with Gasteiger partial charge >= 0.3 is 0 Å². The lowest BCUT2D eigenvalue weighted by Gasteiger charge is -2.59. The van der Waals surface area contributed by atoms with Gasteiger partial charge in [-0.15, -0.1) is 0 Å². The van der Waals surface area contributed by atoms with Crippen molar-refractivity contribution in [3.05, 3.63) is 29.8 Å². The van der Waals surface area contributed by atoms with Crippen molar-refractivity contribution in [2.75, 3.05) is 25.1 Å². The van der Waals surface area contributed by atoms with E-state index in [1.807, 2.05) is 4.90 Å². The Kier molecular flexibility index (Phi) is 3.37. The topological polar surface area (TPSA) is 43.8 Å². The Bertz CT molecular complexity index is 582. The number of para-hydroxylation sites is 1. The van der Waals surface area contributed by atoms with Crippen LogP contribution < -0.4 is 4.90 Å². The van der Waals surface area contributed by atoms with Crippen molar-refractivity contribution in [3.8, 4) is 0 Å². The maximum absolute atomic E-state index is 12.9. The lowest BCUT2D eigenvalue weighted by atomic mass is 9.71. The van der Waals surface area contributed by atoms with Crippen LogP contribution in [0.15, 0.2) is 24.3 Å². The summed E-state index contributed by atoms with van der Waals surface area (Å²) in [5.74, 6) is 0.769. The van der Waals surface area contributed by atoms with Crippen molar-refractivity contribution in [2.45, 2.75) is 43.7 Å². The Balaban J connectivity index is 1.64. The van der Waals surface area contributed by atoms with Crippen LogP contribution in [0.1, 0.15) is 37.2 Å². The zero-order valence-electron chi connectivity index (χ0n) is 13.1. The second kappa shape index (κ2) is 5.27. The number of carbonyl (C=O) groups is 1. The van der Waals surface area contributed by atoms with Crippen LogP contribution in [-0.2, 0) is 4.79 Å². The van der Waals surface area contributed by atoms with Crippen molar-refractivity contribution in [1.82, 2.24) is 4.90 Å². The summed E-state index contributed by atoms with van der Waals surface area (Å²) >= 11 is 0. The van der Waals surface area contributed by atoms with Crippen molar-refractivity contribution in [2.24, 2.45) is 5.92 Å². The number of hydrogen-bond donors (Lipinski definition) is 1. The molecule has 1 aromatic rings. The van der Waals surface area contributed by atoms with E-state index < -0.39 is 0 Å². The van der Waals surface area contributed by atoms with Crippen LogP contribution in [0.4, 0.5) is 5.69 Å². The highest BCUT2D eigenvalue weighted by Gasteiger charge is 2.54. The van der Waals surface area contributed by atoms with Gasteiger partial charge in [-0.1, -0.05) is 31.0 Å². The normalized spacial score (nSPS) is 30.7. The molecule has 0 radical (unpaired) electrons. The molecule has 2 heterocycles. The Morgan fingerprint density at radius 1 is 1.27 bits per heavy atom. The minimum Gasteiger partial charge on any atom is -0.394 e. The number of likely N-dealkylation sites (tertiary alicyclic amines) is 1. The molecule has 1 saturated carbocycles. The maximum Gasteiger partial charge on any atom is 0.226 e. The van der Waals surface area contributed by atoms with E-state index in [4.69, 9.17) is 0 Å². The highest BCUT2D eigenvalue weighted by Crippen LogP contribution is 2.48. The Hall–Kier alpha value is -1.55. The van der Waals surface area contributed by atoms with Gasteiger partial charge in [0.15, 0.2) is 0 Å². The molecule has 3 aliphatic rings. The first-order valence-electron chi connectivity index (χ1n) is 8.45. The van der Waals surface area contributed by atoms with Crippen LogP contribution in [0.5, 0.6) is 0 Å². The number of aliphatic hydroxyl groups excluding tert-OH is 1. The third kappa shape index (κ3) is 1.89. The second-order valence-corrected chi connectivity index (χ2v) is 7.01. The van der Waals surface area contributed by atoms with Crippen LogP contribution in [-0.4, -0.2) is 48.2 Å². The molecule has 2 fully saturated rings. The number of likely N-dealkylation sites (N-methyl/N-ethyl adjacent to an activating group) is 1. The molecule has 0 spiro atoms. The monoisotopic (exact) mass is 300 g/mol. The SMILES string of the molecule is CN1C[C@H]2[C@@H](c3ccccc31)[C@H](CO)N2C(=O)C1CCCC1. The van der Waals surface area contributed by atoms with Crippen LogP contribution in [0.2, 0.25) is 0 Å². The average molecular weight is 300 g/mol. The standard InChI is InChI=1S/C18H24N2O2/c1-19-10-15-17(13-8-4-5-9-14(13)19)16(11-21)20(15)18(22)12-6-2-3-7-12/h4-5,8-9,12,15-17,21H,2-3,6-7,10-11H2,1H3/t15-,16-,17+/m0/s1. The fourth-order valence-corrected chi connectivity index (χ4v) is 4.77. The number of nitrogens with zero attached hydrogens (tertiary/aromatic N) is 2. The molecule has 0 unspecified atom stereocenters. The van der Waals surface area contributed by atoms with Gasteiger partial charge in [0.05, 0.1) is 18.7 Å². The van der Waals surface area contributed by atoms with Gasteiger partial charge in [-0.3, -0.25) is 4.79 Å². The van der Waals surface area contributed by atoms with E-state index in [2.05, 4.69) is 36.2 Å². The van der Waals surface area contributed by atoms with Crippen LogP contribution in [0.3, 0.4) is 0 Å². The summed E-state index contributed by atoms with van der Waals surface area (Å²) in [6, 6.07) is 8.61. The molecule has 22 heavy (non-hydrogen) atoms. The number of aliphatic hydroxyl groups is 1. The van der Waals surface area contributed by atoms with E-state index in [1.165, 1.54) is 24.1 Å². The minimum atomic E-state index is -0.0343. The van der Waals surface area contributed by atoms with E-state index in [1.54, 1.807) is 0 Å². The molecular formula is C18H24N2O2. The zero-order chi connectivity index (χ0) is 15.3. The van der Waals surface area contributed by atoms with Gasteiger partial charge in [-0.05, 0) is 24.5 Å². The molecule has 118 valence electrons. The fraction of sp³-hybridized carbons (Fsp3) is 0.611. The number of carbonyl (C=O) groups excluding carboxylic acids is 1. The van der Waals surface area contributed by atoms with Crippen LogP contribution >= 0.6 is 0 Å². The molecule has 2 aliphatic heterocycles. The van der Waals surface area contributed by atoms with Crippen molar-refractivity contribution >= 4 is 11.6 Å². The molecule has 1 N–H and O–H groups in total.